The number of carboxylic acids is 1. The van der Waals surface area contributed by atoms with Crippen LogP contribution in [0.5, 0.6) is 5.75 Å². The normalized spacial score (nSPS) is 20.0. The number of fused-ring (bicyclic) bond motifs is 1. The molecule has 0 spiro atoms. The molecular formula is C18H18O4. The Hall–Kier alpha value is -2.33. The Bertz CT molecular complexity index is 666. The van der Waals surface area contributed by atoms with Gasteiger partial charge < -0.3 is 14.9 Å². The molecule has 2 N–H and O–H groups in total. The van der Waals surface area contributed by atoms with Crippen LogP contribution in [0.25, 0.3) is 0 Å². The maximum atomic E-state index is 10.8. The predicted octanol–water partition coefficient (Wildman–Crippen LogP) is 2.60. The molecule has 0 aromatic heterocycles. The molecular weight excluding hydrogens is 280 g/mol. The molecule has 0 amide bonds. The Morgan fingerprint density at radius 3 is 2.64 bits per heavy atom. The Morgan fingerprint density at radius 1 is 1.14 bits per heavy atom. The summed E-state index contributed by atoms with van der Waals surface area (Å²) in [4.78, 5) is 10.8. The molecule has 2 unspecified atom stereocenters. The third-order valence-corrected chi connectivity index (χ3v) is 3.99. The second-order valence-electron chi connectivity index (χ2n) is 5.65. The van der Waals surface area contributed by atoms with Gasteiger partial charge >= 0.3 is 5.97 Å². The van der Waals surface area contributed by atoms with Crippen molar-refractivity contribution in [3.05, 3.63) is 65.2 Å². The number of benzene rings is 2. The van der Waals surface area contributed by atoms with E-state index < -0.39 is 12.1 Å². The average Bonchev–Trinajstić information content (AvgIpc) is 2.50. The van der Waals surface area contributed by atoms with Crippen molar-refractivity contribution < 1.29 is 19.7 Å². The van der Waals surface area contributed by atoms with Crippen molar-refractivity contribution in [2.75, 3.05) is 6.61 Å². The third kappa shape index (κ3) is 3.12. The van der Waals surface area contributed by atoms with Crippen LogP contribution in [0.3, 0.4) is 0 Å². The summed E-state index contributed by atoms with van der Waals surface area (Å²) >= 11 is 0. The van der Waals surface area contributed by atoms with Gasteiger partial charge in [-0.25, -0.2) is 0 Å². The van der Waals surface area contributed by atoms with Crippen LogP contribution in [-0.4, -0.2) is 22.8 Å². The quantitative estimate of drug-likeness (QED) is 0.910. The molecule has 4 nitrogen and oxygen atoms in total. The van der Waals surface area contributed by atoms with Gasteiger partial charge in [-0.1, -0.05) is 42.5 Å². The van der Waals surface area contributed by atoms with E-state index in [-0.39, 0.29) is 12.3 Å². The van der Waals surface area contributed by atoms with Gasteiger partial charge in [0, 0.05) is 11.5 Å². The first-order valence-corrected chi connectivity index (χ1v) is 7.33. The van der Waals surface area contributed by atoms with Gasteiger partial charge in [-0.2, -0.15) is 0 Å². The minimum absolute atomic E-state index is 0.000207. The van der Waals surface area contributed by atoms with Crippen LogP contribution >= 0.6 is 0 Å². The smallest absolute Gasteiger partial charge is 0.307 e. The van der Waals surface area contributed by atoms with Gasteiger partial charge in [-0.3, -0.25) is 4.79 Å². The van der Waals surface area contributed by atoms with Crippen molar-refractivity contribution in [2.45, 2.75) is 18.9 Å². The van der Waals surface area contributed by atoms with E-state index in [4.69, 9.17) is 9.84 Å². The van der Waals surface area contributed by atoms with Gasteiger partial charge in [0.05, 0.1) is 19.1 Å². The highest BCUT2D eigenvalue weighted by molar-refractivity contribution is 5.70. The van der Waals surface area contributed by atoms with Crippen molar-refractivity contribution >= 4 is 5.97 Å². The molecule has 1 heterocycles. The maximum Gasteiger partial charge on any atom is 0.307 e. The van der Waals surface area contributed by atoms with Gasteiger partial charge in [0.25, 0.3) is 0 Å². The monoisotopic (exact) mass is 298 g/mol. The van der Waals surface area contributed by atoms with Crippen molar-refractivity contribution in [3.8, 4) is 5.75 Å². The fourth-order valence-corrected chi connectivity index (χ4v) is 2.86. The Morgan fingerprint density at radius 2 is 1.91 bits per heavy atom. The summed E-state index contributed by atoms with van der Waals surface area (Å²) in [5, 5.41) is 19.4. The summed E-state index contributed by atoms with van der Waals surface area (Å²) in [6, 6.07) is 15.2. The summed E-state index contributed by atoms with van der Waals surface area (Å²) in [5.41, 5.74) is 2.59. The van der Waals surface area contributed by atoms with Crippen LogP contribution in [0.1, 0.15) is 22.8 Å². The molecule has 0 aliphatic carbocycles. The number of carbonyl (C=O) groups is 1. The van der Waals surface area contributed by atoms with Gasteiger partial charge in [0.2, 0.25) is 0 Å². The topological polar surface area (TPSA) is 66.8 Å². The SMILES string of the molecule is O=C(O)Cc1ccc2c(c1)OCC(Cc1ccccc1)C2O. The molecule has 1 aliphatic heterocycles. The molecule has 2 atom stereocenters. The zero-order valence-electron chi connectivity index (χ0n) is 12.1. The Kier molecular flexibility index (Phi) is 4.11. The highest BCUT2D eigenvalue weighted by Gasteiger charge is 2.29. The van der Waals surface area contributed by atoms with Crippen LogP contribution in [0, 0.1) is 5.92 Å². The first kappa shape index (κ1) is 14.6. The summed E-state index contributed by atoms with van der Waals surface area (Å²) in [7, 11) is 0. The second kappa shape index (κ2) is 6.20. The van der Waals surface area contributed by atoms with Crippen LogP contribution < -0.4 is 4.74 Å². The fraction of sp³-hybridized carbons (Fsp3) is 0.278. The maximum absolute atomic E-state index is 10.8. The largest absolute Gasteiger partial charge is 0.493 e. The van der Waals surface area contributed by atoms with Gasteiger partial charge in [-0.15, -0.1) is 0 Å². The van der Waals surface area contributed by atoms with E-state index in [0.29, 0.717) is 17.9 Å². The first-order chi connectivity index (χ1) is 10.6. The van der Waals surface area contributed by atoms with Crippen molar-refractivity contribution in [3.63, 3.8) is 0 Å². The number of aliphatic hydroxyl groups is 1. The standard InChI is InChI=1S/C18H18O4/c19-17(20)10-13-6-7-15-16(9-13)22-11-14(18(15)21)8-12-4-2-1-3-5-12/h1-7,9,14,18,21H,8,10-11H2,(H,19,20). The summed E-state index contributed by atoms with van der Waals surface area (Å²) < 4.78 is 5.75. The summed E-state index contributed by atoms with van der Waals surface area (Å²) in [5.74, 6) is -0.283. The zero-order chi connectivity index (χ0) is 15.5. The second-order valence-corrected chi connectivity index (χ2v) is 5.65. The lowest BCUT2D eigenvalue weighted by molar-refractivity contribution is -0.136. The molecule has 22 heavy (non-hydrogen) atoms. The molecule has 4 heteroatoms. The van der Waals surface area contributed by atoms with Crippen molar-refractivity contribution in [1.82, 2.24) is 0 Å². The number of ether oxygens (including phenoxy) is 1. The molecule has 0 fully saturated rings. The van der Waals surface area contributed by atoms with Gasteiger partial charge in [0.15, 0.2) is 0 Å². The van der Waals surface area contributed by atoms with Crippen LogP contribution in [0.2, 0.25) is 0 Å². The van der Waals surface area contributed by atoms with Gasteiger partial charge in [-0.05, 0) is 23.6 Å². The fourth-order valence-electron chi connectivity index (χ4n) is 2.86. The van der Waals surface area contributed by atoms with E-state index in [1.165, 1.54) is 5.56 Å². The molecule has 2 aromatic carbocycles. The molecule has 114 valence electrons. The molecule has 0 saturated carbocycles. The van der Waals surface area contributed by atoms with E-state index in [1.54, 1.807) is 18.2 Å². The molecule has 0 radical (unpaired) electrons. The third-order valence-electron chi connectivity index (χ3n) is 3.99. The molecule has 0 bridgehead atoms. The number of aliphatic hydroxyl groups excluding tert-OH is 1. The number of hydrogen-bond donors (Lipinski definition) is 2. The number of rotatable bonds is 4. The van der Waals surface area contributed by atoms with E-state index in [0.717, 1.165) is 12.0 Å². The summed E-state index contributed by atoms with van der Waals surface area (Å²) in [6.45, 7) is 0.430. The van der Waals surface area contributed by atoms with Crippen molar-refractivity contribution in [2.24, 2.45) is 5.92 Å². The van der Waals surface area contributed by atoms with E-state index >= 15 is 0 Å². The number of carboxylic acid groups (broad SMARTS) is 1. The average molecular weight is 298 g/mol. The van der Waals surface area contributed by atoms with Crippen LogP contribution in [-0.2, 0) is 17.6 Å². The molecule has 1 aliphatic rings. The highest BCUT2D eigenvalue weighted by Crippen LogP contribution is 2.37. The van der Waals surface area contributed by atoms with E-state index in [1.807, 2.05) is 30.3 Å². The Labute approximate surface area is 129 Å². The first-order valence-electron chi connectivity index (χ1n) is 7.33. The molecule has 0 saturated heterocycles. The lowest BCUT2D eigenvalue weighted by atomic mass is 9.87. The van der Waals surface area contributed by atoms with E-state index in [9.17, 15) is 9.90 Å². The Balaban J connectivity index is 1.77. The van der Waals surface area contributed by atoms with Crippen molar-refractivity contribution in [1.29, 1.82) is 0 Å². The summed E-state index contributed by atoms with van der Waals surface area (Å²) in [6.07, 6.45) is 0.112. The van der Waals surface area contributed by atoms with E-state index in [2.05, 4.69) is 0 Å². The highest BCUT2D eigenvalue weighted by atomic mass is 16.5. The molecule has 2 aromatic rings. The minimum atomic E-state index is -0.877. The molecule has 3 rings (SSSR count). The van der Waals surface area contributed by atoms with Crippen LogP contribution in [0.4, 0.5) is 0 Å². The predicted molar refractivity (Wildman–Crippen MR) is 81.9 cm³/mol. The number of aliphatic carboxylic acids is 1. The van der Waals surface area contributed by atoms with Gasteiger partial charge in [0.1, 0.15) is 5.75 Å². The lowest BCUT2D eigenvalue weighted by Gasteiger charge is -2.30. The number of hydrogen-bond acceptors (Lipinski definition) is 3. The lowest BCUT2D eigenvalue weighted by Crippen LogP contribution is -2.27. The van der Waals surface area contributed by atoms with Crippen LogP contribution in [0.15, 0.2) is 48.5 Å². The minimum Gasteiger partial charge on any atom is -0.493 e. The zero-order valence-corrected chi connectivity index (χ0v) is 12.1.